The number of nitrogens with one attached hydrogen (secondary N) is 1. The lowest BCUT2D eigenvalue weighted by molar-refractivity contribution is -0.432. The summed E-state index contributed by atoms with van der Waals surface area (Å²) in [6, 6.07) is -1.33. The fourth-order valence-electron chi connectivity index (χ4n) is 0.750. The molecule has 0 saturated heterocycles. The molecule has 1 unspecified atom stereocenters. The van der Waals surface area contributed by atoms with E-state index in [1.54, 1.807) is 0 Å². The largest absolute Gasteiger partial charge is 0.493 e. The van der Waals surface area contributed by atoms with Crippen LogP contribution in [-0.4, -0.2) is 27.9 Å². The molecular formula is C5H6N4O4. The number of primary amides is 1. The van der Waals surface area contributed by atoms with Crippen LogP contribution in [0, 0.1) is 10.1 Å². The van der Waals surface area contributed by atoms with Crippen LogP contribution in [-0.2, 0) is 4.79 Å². The first-order valence-corrected chi connectivity index (χ1v) is 3.19. The lowest BCUT2D eigenvalue weighted by atomic mass is 10.2. The molecule has 1 aliphatic heterocycles. The molecule has 0 aromatic rings. The fourth-order valence-corrected chi connectivity index (χ4v) is 0.750. The van der Waals surface area contributed by atoms with Crippen LogP contribution >= 0.6 is 0 Å². The second-order valence-electron chi connectivity index (χ2n) is 2.24. The van der Waals surface area contributed by atoms with Crippen LogP contribution in [0.4, 0.5) is 0 Å². The number of amides is 1. The molecule has 1 amide bonds. The number of hydrogen-bond donors (Lipinski definition) is 3. The Morgan fingerprint density at radius 2 is 2.46 bits per heavy atom. The van der Waals surface area contributed by atoms with E-state index in [4.69, 9.17) is 10.8 Å². The van der Waals surface area contributed by atoms with E-state index in [1.807, 2.05) is 0 Å². The molecule has 0 aromatic heterocycles. The summed E-state index contributed by atoms with van der Waals surface area (Å²) in [6.45, 7) is 0. The van der Waals surface area contributed by atoms with E-state index in [0.717, 1.165) is 6.20 Å². The van der Waals surface area contributed by atoms with Crippen LogP contribution in [0.2, 0.25) is 0 Å². The SMILES string of the molecule is NC(=O)C1NC([N+](=O)[O-])=CN=C1O. The lowest BCUT2D eigenvalue weighted by Gasteiger charge is -2.13. The molecule has 4 N–H and O–H groups in total. The van der Waals surface area contributed by atoms with E-state index in [9.17, 15) is 14.9 Å². The summed E-state index contributed by atoms with van der Waals surface area (Å²) < 4.78 is 0. The number of aliphatic imine (C=N–C) groups is 1. The molecule has 0 aliphatic carbocycles. The van der Waals surface area contributed by atoms with Crippen LogP contribution in [0.15, 0.2) is 17.0 Å². The highest BCUT2D eigenvalue weighted by molar-refractivity contribution is 6.03. The van der Waals surface area contributed by atoms with Gasteiger partial charge in [-0.1, -0.05) is 0 Å². The normalized spacial score (nSPS) is 21.1. The molecule has 13 heavy (non-hydrogen) atoms. The highest BCUT2D eigenvalue weighted by atomic mass is 16.6. The molecule has 1 rings (SSSR count). The van der Waals surface area contributed by atoms with Gasteiger partial charge in [0.25, 0.3) is 5.91 Å². The molecule has 1 atom stereocenters. The first-order chi connectivity index (χ1) is 6.02. The summed E-state index contributed by atoms with van der Waals surface area (Å²) in [5.74, 6) is -2.01. The van der Waals surface area contributed by atoms with E-state index in [1.165, 1.54) is 0 Å². The Labute approximate surface area is 71.9 Å². The molecule has 0 saturated carbocycles. The van der Waals surface area contributed by atoms with Gasteiger partial charge in [-0.3, -0.25) is 4.79 Å². The van der Waals surface area contributed by atoms with E-state index in [0.29, 0.717) is 0 Å². The van der Waals surface area contributed by atoms with Gasteiger partial charge in [-0.15, -0.1) is 0 Å². The summed E-state index contributed by atoms with van der Waals surface area (Å²) in [6.07, 6.45) is 0.800. The molecule has 0 radical (unpaired) electrons. The van der Waals surface area contributed by atoms with Crippen molar-refractivity contribution in [1.29, 1.82) is 0 Å². The van der Waals surface area contributed by atoms with Crippen molar-refractivity contribution in [3.05, 3.63) is 22.1 Å². The maximum atomic E-state index is 10.6. The highest BCUT2D eigenvalue weighted by Gasteiger charge is 2.31. The molecule has 70 valence electrons. The summed E-state index contributed by atoms with van der Waals surface area (Å²) in [4.78, 5) is 23.3. The molecule has 1 heterocycles. The first kappa shape index (κ1) is 8.97. The first-order valence-electron chi connectivity index (χ1n) is 3.19. The van der Waals surface area contributed by atoms with Gasteiger partial charge in [0.2, 0.25) is 11.9 Å². The van der Waals surface area contributed by atoms with Gasteiger partial charge in [0, 0.05) is 0 Å². The number of aliphatic hydroxyl groups excluding tert-OH is 1. The molecule has 0 bridgehead atoms. The maximum Gasteiger partial charge on any atom is 0.335 e. The van der Waals surface area contributed by atoms with Gasteiger partial charge >= 0.3 is 5.82 Å². The van der Waals surface area contributed by atoms with Crippen molar-refractivity contribution >= 4 is 11.8 Å². The molecule has 0 spiro atoms. The highest BCUT2D eigenvalue weighted by Crippen LogP contribution is 2.02. The van der Waals surface area contributed by atoms with E-state index in [-0.39, 0.29) is 0 Å². The maximum absolute atomic E-state index is 10.6. The Morgan fingerprint density at radius 1 is 1.85 bits per heavy atom. The van der Waals surface area contributed by atoms with Gasteiger partial charge in [0.05, 0.1) is 0 Å². The minimum Gasteiger partial charge on any atom is -0.493 e. The Bertz CT molecular complexity index is 320. The molecule has 0 fully saturated rings. The van der Waals surface area contributed by atoms with Gasteiger partial charge in [0.15, 0.2) is 0 Å². The van der Waals surface area contributed by atoms with Crippen LogP contribution in [0.1, 0.15) is 0 Å². The van der Waals surface area contributed by atoms with Gasteiger partial charge in [0.1, 0.15) is 6.20 Å². The van der Waals surface area contributed by atoms with Crippen LogP contribution < -0.4 is 11.1 Å². The zero-order valence-electron chi connectivity index (χ0n) is 6.30. The number of aliphatic hydroxyl groups is 1. The number of carbonyl (C=O) groups excluding carboxylic acids is 1. The molecule has 8 heteroatoms. The predicted molar refractivity (Wildman–Crippen MR) is 41.3 cm³/mol. The molecular weight excluding hydrogens is 180 g/mol. The zero-order valence-corrected chi connectivity index (χ0v) is 6.30. The standard InChI is InChI=1S/C5H6N4O4/c6-4(10)3-5(11)7-1-2(8-3)9(12)13/h1,3,8H,(H2,6,10)(H,7,11). The Morgan fingerprint density at radius 3 is 2.92 bits per heavy atom. The minimum absolute atomic E-state index is 0.485. The Balaban J connectivity index is 2.90. The van der Waals surface area contributed by atoms with E-state index < -0.39 is 28.6 Å². The van der Waals surface area contributed by atoms with E-state index >= 15 is 0 Å². The van der Waals surface area contributed by atoms with Crippen LogP contribution in [0.5, 0.6) is 0 Å². The van der Waals surface area contributed by atoms with Crippen LogP contribution in [0.3, 0.4) is 0 Å². The van der Waals surface area contributed by atoms with Gasteiger partial charge in [-0.05, 0) is 4.92 Å². The van der Waals surface area contributed by atoms with Crippen molar-refractivity contribution in [2.45, 2.75) is 6.04 Å². The topological polar surface area (TPSA) is 131 Å². The minimum atomic E-state index is -1.33. The van der Waals surface area contributed by atoms with E-state index in [2.05, 4.69) is 10.3 Å². The third kappa shape index (κ3) is 1.72. The summed E-state index contributed by atoms with van der Waals surface area (Å²) >= 11 is 0. The smallest absolute Gasteiger partial charge is 0.335 e. The van der Waals surface area contributed by atoms with Gasteiger partial charge < -0.3 is 21.0 Å². The summed E-state index contributed by atoms with van der Waals surface area (Å²) in [5, 5.41) is 21.3. The van der Waals surface area contributed by atoms with Crippen molar-refractivity contribution in [2.24, 2.45) is 10.7 Å². The van der Waals surface area contributed by atoms with Crippen molar-refractivity contribution < 1.29 is 14.8 Å². The number of hydrogen-bond acceptors (Lipinski definition) is 5. The van der Waals surface area contributed by atoms with Gasteiger partial charge in [-0.2, -0.15) is 0 Å². The zero-order chi connectivity index (χ0) is 10.0. The van der Waals surface area contributed by atoms with Crippen molar-refractivity contribution in [3.8, 4) is 0 Å². The third-order valence-corrected chi connectivity index (χ3v) is 1.35. The number of nitrogens with zero attached hydrogens (tertiary/aromatic N) is 2. The quantitative estimate of drug-likeness (QED) is 0.356. The second-order valence-corrected chi connectivity index (χ2v) is 2.24. The van der Waals surface area contributed by atoms with Gasteiger partial charge in [-0.25, -0.2) is 10.3 Å². The predicted octanol–water partition coefficient (Wildman–Crippen LogP) is -1.52. The lowest BCUT2D eigenvalue weighted by Crippen LogP contribution is -2.49. The molecule has 0 aromatic carbocycles. The number of nitro groups is 1. The average Bonchev–Trinajstić information content (AvgIpc) is 2.04. The number of rotatable bonds is 2. The number of nitrogens with two attached hydrogens (primary N) is 1. The average molecular weight is 186 g/mol. The third-order valence-electron chi connectivity index (χ3n) is 1.35. The van der Waals surface area contributed by atoms with Crippen molar-refractivity contribution in [1.82, 2.24) is 5.32 Å². The Kier molecular flexibility index (Phi) is 2.13. The fraction of sp³-hybridized carbons (Fsp3) is 0.200. The molecule has 8 nitrogen and oxygen atoms in total. The van der Waals surface area contributed by atoms with Crippen molar-refractivity contribution in [2.75, 3.05) is 0 Å². The monoisotopic (exact) mass is 186 g/mol. The van der Waals surface area contributed by atoms with Crippen molar-refractivity contribution in [3.63, 3.8) is 0 Å². The summed E-state index contributed by atoms with van der Waals surface area (Å²) in [7, 11) is 0. The molecule has 1 aliphatic rings. The Hall–Kier alpha value is -2.12. The number of carbonyl (C=O) groups is 1. The second kappa shape index (κ2) is 3.09. The summed E-state index contributed by atoms with van der Waals surface area (Å²) in [5.41, 5.74) is 4.83. The van der Waals surface area contributed by atoms with Crippen LogP contribution in [0.25, 0.3) is 0 Å².